The number of aromatic nitrogens is 3. The van der Waals surface area contributed by atoms with Gasteiger partial charge in [-0.3, -0.25) is 0 Å². The minimum absolute atomic E-state index is 0.206. The first-order chi connectivity index (χ1) is 9.22. The van der Waals surface area contributed by atoms with E-state index in [4.69, 9.17) is 5.73 Å². The zero-order valence-electron chi connectivity index (χ0n) is 11.7. The second kappa shape index (κ2) is 4.85. The Hall–Kier alpha value is -1.55. The minimum atomic E-state index is 0.206. The molecule has 0 radical (unpaired) electrons. The Labute approximate surface area is 114 Å². The summed E-state index contributed by atoms with van der Waals surface area (Å²) in [7, 11) is 0. The zero-order chi connectivity index (χ0) is 13.4. The molecule has 102 valence electrons. The van der Waals surface area contributed by atoms with Crippen molar-refractivity contribution in [3.8, 4) is 0 Å². The summed E-state index contributed by atoms with van der Waals surface area (Å²) in [4.78, 5) is 7.70. The van der Waals surface area contributed by atoms with Gasteiger partial charge in [-0.1, -0.05) is 6.92 Å². The highest BCUT2D eigenvalue weighted by atomic mass is 15.1. The van der Waals surface area contributed by atoms with Gasteiger partial charge in [-0.15, -0.1) is 0 Å². The van der Waals surface area contributed by atoms with E-state index < -0.39 is 0 Å². The molecule has 1 aliphatic carbocycles. The lowest BCUT2D eigenvalue weighted by molar-refractivity contribution is 0.483. The van der Waals surface area contributed by atoms with Gasteiger partial charge in [-0.05, 0) is 44.2 Å². The van der Waals surface area contributed by atoms with Crippen LogP contribution in [0.5, 0.6) is 0 Å². The molecule has 0 amide bonds. The minimum Gasteiger partial charge on any atom is -0.347 e. The van der Waals surface area contributed by atoms with Gasteiger partial charge in [-0.25, -0.2) is 4.98 Å². The fourth-order valence-corrected chi connectivity index (χ4v) is 3.35. The average Bonchev–Trinajstić information content (AvgIpc) is 3.01. The molecule has 0 fully saturated rings. The van der Waals surface area contributed by atoms with Gasteiger partial charge < -0.3 is 15.3 Å². The highest BCUT2D eigenvalue weighted by molar-refractivity contribution is 5.34. The lowest BCUT2D eigenvalue weighted by Gasteiger charge is -2.25. The van der Waals surface area contributed by atoms with E-state index >= 15 is 0 Å². The van der Waals surface area contributed by atoms with Crippen LogP contribution in [-0.2, 0) is 6.42 Å². The topological polar surface area (TPSA) is 59.6 Å². The Kier molecular flexibility index (Phi) is 3.19. The van der Waals surface area contributed by atoms with Crippen molar-refractivity contribution in [3.63, 3.8) is 0 Å². The largest absolute Gasteiger partial charge is 0.347 e. The molecule has 2 heterocycles. The fourth-order valence-electron chi connectivity index (χ4n) is 3.35. The van der Waals surface area contributed by atoms with E-state index in [1.165, 1.54) is 23.4 Å². The molecule has 2 unspecified atom stereocenters. The third kappa shape index (κ3) is 2.00. The molecule has 4 heteroatoms. The van der Waals surface area contributed by atoms with E-state index in [-0.39, 0.29) is 6.04 Å². The Morgan fingerprint density at radius 2 is 2.42 bits per heavy atom. The highest BCUT2D eigenvalue weighted by Crippen LogP contribution is 2.34. The molecule has 0 saturated heterocycles. The number of hydrogen-bond acceptors (Lipinski definition) is 2. The third-order valence-corrected chi connectivity index (χ3v) is 4.23. The smallest absolute Gasteiger partial charge is 0.129 e. The van der Waals surface area contributed by atoms with Crippen molar-refractivity contribution < 1.29 is 0 Å². The summed E-state index contributed by atoms with van der Waals surface area (Å²) in [5, 5.41) is 0. The van der Waals surface area contributed by atoms with Crippen LogP contribution in [0, 0.1) is 6.92 Å². The molecule has 2 aromatic rings. The molecule has 0 saturated carbocycles. The van der Waals surface area contributed by atoms with Crippen molar-refractivity contribution in [1.82, 2.24) is 14.5 Å². The van der Waals surface area contributed by atoms with Crippen LogP contribution in [0.1, 0.15) is 61.0 Å². The fraction of sp³-hybridized carbons (Fsp3) is 0.533. The normalized spacial score (nSPS) is 20.3. The second-order valence-corrected chi connectivity index (χ2v) is 5.45. The van der Waals surface area contributed by atoms with Gasteiger partial charge in [0.05, 0.1) is 6.04 Å². The molecule has 1 aliphatic rings. The number of fused-ring (bicyclic) bond motifs is 1. The average molecular weight is 258 g/mol. The molecule has 19 heavy (non-hydrogen) atoms. The standard InChI is InChI=1S/C15H22N4/c1-3-13(15-17-7-8-18-15)19-10(2)9-11-12(16)5-4-6-14(11)19/h7-9,12-13H,3-6,16H2,1-2H3,(H,17,18). The number of rotatable bonds is 3. The van der Waals surface area contributed by atoms with Crippen molar-refractivity contribution in [2.45, 2.75) is 51.6 Å². The summed E-state index contributed by atoms with van der Waals surface area (Å²) in [5.41, 5.74) is 10.3. The molecule has 3 rings (SSSR count). The van der Waals surface area contributed by atoms with Crippen molar-refractivity contribution in [2.75, 3.05) is 0 Å². The number of hydrogen-bond donors (Lipinski definition) is 2. The molecule has 2 aromatic heterocycles. The number of aryl methyl sites for hydroxylation is 1. The summed E-state index contributed by atoms with van der Waals surface area (Å²) in [5.74, 6) is 1.04. The SMILES string of the molecule is CCC(c1ncc[nH]1)n1c(C)cc2c1CCCC2N. The van der Waals surface area contributed by atoms with Crippen molar-refractivity contribution in [2.24, 2.45) is 5.73 Å². The van der Waals surface area contributed by atoms with Crippen molar-refractivity contribution in [3.05, 3.63) is 41.2 Å². The van der Waals surface area contributed by atoms with Crippen molar-refractivity contribution >= 4 is 0 Å². The molecular weight excluding hydrogens is 236 g/mol. The van der Waals surface area contributed by atoms with Crippen LogP contribution in [0.4, 0.5) is 0 Å². The maximum Gasteiger partial charge on any atom is 0.129 e. The quantitative estimate of drug-likeness (QED) is 0.889. The zero-order valence-corrected chi connectivity index (χ0v) is 11.7. The van der Waals surface area contributed by atoms with E-state index in [2.05, 4.69) is 34.4 Å². The highest BCUT2D eigenvalue weighted by Gasteiger charge is 2.26. The van der Waals surface area contributed by atoms with Gasteiger partial charge in [-0.2, -0.15) is 0 Å². The van der Waals surface area contributed by atoms with Crippen LogP contribution in [0.15, 0.2) is 18.5 Å². The second-order valence-electron chi connectivity index (χ2n) is 5.45. The predicted octanol–water partition coefficient (Wildman–Crippen LogP) is 2.86. The number of aromatic amines is 1. The molecule has 3 N–H and O–H groups in total. The lowest BCUT2D eigenvalue weighted by Crippen LogP contribution is -2.21. The van der Waals surface area contributed by atoms with E-state index in [9.17, 15) is 0 Å². The molecular formula is C15H22N4. The van der Waals surface area contributed by atoms with Gasteiger partial charge >= 0.3 is 0 Å². The number of nitrogens with two attached hydrogens (primary N) is 1. The Morgan fingerprint density at radius 1 is 1.58 bits per heavy atom. The lowest BCUT2D eigenvalue weighted by atomic mass is 9.93. The third-order valence-electron chi connectivity index (χ3n) is 4.23. The summed E-state index contributed by atoms with van der Waals surface area (Å²) in [6.07, 6.45) is 8.18. The van der Waals surface area contributed by atoms with Crippen LogP contribution in [-0.4, -0.2) is 14.5 Å². The van der Waals surface area contributed by atoms with Crippen molar-refractivity contribution in [1.29, 1.82) is 0 Å². The predicted molar refractivity (Wildman–Crippen MR) is 76.1 cm³/mol. The number of nitrogens with one attached hydrogen (secondary N) is 1. The monoisotopic (exact) mass is 258 g/mol. The molecule has 0 spiro atoms. The number of nitrogens with zero attached hydrogens (tertiary/aromatic N) is 2. The molecule has 4 nitrogen and oxygen atoms in total. The molecule has 0 bridgehead atoms. The van der Waals surface area contributed by atoms with E-state index in [0.717, 1.165) is 25.1 Å². The Bertz CT molecular complexity index is 553. The van der Waals surface area contributed by atoms with E-state index in [1.54, 1.807) is 0 Å². The maximum atomic E-state index is 6.25. The van der Waals surface area contributed by atoms with Crippen LogP contribution >= 0.6 is 0 Å². The Balaban J connectivity index is 2.09. The molecule has 0 aliphatic heterocycles. The Morgan fingerprint density at radius 3 is 3.11 bits per heavy atom. The number of imidazole rings is 1. The van der Waals surface area contributed by atoms with Gasteiger partial charge in [0, 0.05) is 29.8 Å². The van der Waals surface area contributed by atoms with Gasteiger partial charge in [0.1, 0.15) is 5.82 Å². The maximum absolute atomic E-state index is 6.25. The van der Waals surface area contributed by atoms with E-state index in [1.807, 2.05) is 12.4 Å². The van der Waals surface area contributed by atoms with E-state index in [0.29, 0.717) is 6.04 Å². The van der Waals surface area contributed by atoms with Crippen LogP contribution in [0.25, 0.3) is 0 Å². The first-order valence-corrected chi connectivity index (χ1v) is 7.17. The summed E-state index contributed by atoms with van der Waals surface area (Å²) >= 11 is 0. The van der Waals surface area contributed by atoms with Gasteiger partial charge in [0.2, 0.25) is 0 Å². The molecule has 0 aromatic carbocycles. The van der Waals surface area contributed by atoms with Gasteiger partial charge in [0.15, 0.2) is 0 Å². The first-order valence-electron chi connectivity index (χ1n) is 7.17. The molecule has 2 atom stereocenters. The first kappa shape index (κ1) is 12.5. The summed E-state index contributed by atoms with van der Waals surface area (Å²) < 4.78 is 2.44. The number of H-pyrrole nitrogens is 1. The summed E-state index contributed by atoms with van der Waals surface area (Å²) in [6, 6.07) is 2.77. The summed E-state index contributed by atoms with van der Waals surface area (Å²) in [6.45, 7) is 4.39. The van der Waals surface area contributed by atoms with Crippen LogP contribution < -0.4 is 5.73 Å². The van der Waals surface area contributed by atoms with Crippen LogP contribution in [0.2, 0.25) is 0 Å². The van der Waals surface area contributed by atoms with Crippen LogP contribution in [0.3, 0.4) is 0 Å². The van der Waals surface area contributed by atoms with Gasteiger partial charge in [0.25, 0.3) is 0 Å².